The number of nitrogens with one attached hydrogen (secondary N) is 1. The highest BCUT2D eigenvalue weighted by Gasteiger charge is 2.28. The van der Waals surface area contributed by atoms with E-state index in [-0.39, 0.29) is 12.1 Å². The smallest absolute Gasteiger partial charge is 0.410 e. The molecule has 4 heteroatoms. The summed E-state index contributed by atoms with van der Waals surface area (Å²) in [6, 6.07) is 8.59. The van der Waals surface area contributed by atoms with Gasteiger partial charge in [-0.15, -0.1) is 0 Å². The Morgan fingerprint density at radius 1 is 1.43 bits per heavy atom. The van der Waals surface area contributed by atoms with Crippen molar-refractivity contribution in [3.63, 3.8) is 0 Å². The van der Waals surface area contributed by atoms with Crippen molar-refractivity contribution in [1.82, 2.24) is 10.2 Å². The average Bonchev–Trinajstić information content (AvgIpc) is 2.99. The molecule has 1 heterocycles. The molecule has 0 spiro atoms. The van der Waals surface area contributed by atoms with Crippen LogP contribution in [-0.2, 0) is 11.3 Å². The standard InChI is InChI=1S/C17H26N2O2/c1-4-21-17(20)19(15-9-10-18-11-15)12-14-7-5-6-8-16(14)13(2)3/h5-8,13,15,18H,4,9-12H2,1-3H3/t15-/m0/s1. The lowest BCUT2D eigenvalue weighted by Gasteiger charge is -2.29. The van der Waals surface area contributed by atoms with Crippen molar-refractivity contribution in [2.24, 2.45) is 0 Å². The topological polar surface area (TPSA) is 41.6 Å². The summed E-state index contributed by atoms with van der Waals surface area (Å²) >= 11 is 0. The van der Waals surface area contributed by atoms with E-state index in [4.69, 9.17) is 4.74 Å². The number of benzene rings is 1. The second kappa shape index (κ2) is 7.46. The summed E-state index contributed by atoms with van der Waals surface area (Å²) in [7, 11) is 0. The van der Waals surface area contributed by atoms with E-state index in [2.05, 4.69) is 37.4 Å². The highest BCUT2D eigenvalue weighted by atomic mass is 16.6. The molecule has 116 valence electrons. The molecule has 0 aromatic heterocycles. The first-order valence-electron chi connectivity index (χ1n) is 7.85. The summed E-state index contributed by atoms with van der Waals surface area (Å²) in [5.41, 5.74) is 2.52. The molecule has 1 aliphatic heterocycles. The van der Waals surface area contributed by atoms with Crippen LogP contribution in [0, 0.1) is 0 Å². The molecule has 0 bridgehead atoms. The zero-order valence-electron chi connectivity index (χ0n) is 13.3. The molecule has 1 aliphatic rings. The Labute approximate surface area is 127 Å². The molecule has 1 amide bonds. The van der Waals surface area contributed by atoms with Crippen LogP contribution in [0.1, 0.15) is 44.2 Å². The van der Waals surface area contributed by atoms with Crippen LogP contribution in [0.3, 0.4) is 0 Å². The van der Waals surface area contributed by atoms with Crippen LogP contribution in [0.5, 0.6) is 0 Å². The van der Waals surface area contributed by atoms with Crippen LogP contribution in [0.2, 0.25) is 0 Å². The third-order valence-corrected chi connectivity index (χ3v) is 4.00. The number of hydrogen-bond donors (Lipinski definition) is 1. The maximum atomic E-state index is 12.3. The lowest BCUT2D eigenvalue weighted by Crippen LogP contribution is -2.41. The first kappa shape index (κ1) is 15.8. The second-order valence-electron chi connectivity index (χ2n) is 5.83. The SMILES string of the molecule is CCOC(=O)N(Cc1ccccc1C(C)C)[C@H]1CCNC1. The van der Waals surface area contributed by atoms with Gasteiger partial charge in [0.2, 0.25) is 0 Å². The Hall–Kier alpha value is -1.55. The van der Waals surface area contributed by atoms with Gasteiger partial charge in [0.05, 0.1) is 6.61 Å². The molecule has 0 radical (unpaired) electrons. The largest absolute Gasteiger partial charge is 0.450 e. The van der Waals surface area contributed by atoms with E-state index in [0.717, 1.165) is 19.5 Å². The molecule has 1 atom stereocenters. The number of ether oxygens (including phenoxy) is 1. The van der Waals surface area contributed by atoms with Crippen LogP contribution >= 0.6 is 0 Å². The minimum Gasteiger partial charge on any atom is -0.450 e. The second-order valence-corrected chi connectivity index (χ2v) is 5.83. The van der Waals surface area contributed by atoms with Crippen molar-refractivity contribution in [3.8, 4) is 0 Å². The van der Waals surface area contributed by atoms with Gasteiger partial charge in [-0.1, -0.05) is 38.1 Å². The monoisotopic (exact) mass is 290 g/mol. The van der Waals surface area contributed by atoms with Crippen molar-refractivity contribution in [2.45, 2.75) is 45.7 Å². The minimum atomic E-state index is -0.204. The Kier molecular flexibility index (Phi) is 5.62. The van der Waals surface area contributed by atoms with E-state index in [0.29, 0.717) is 19.1 Å². The van der Waals surface area contributed by atoms with Gasteiger partial charge in [0, 0.05) is 19.1 Å². The normalized spacial score (nSPS) is 18.0. The molecule has 1 aromatic rings. The number of carbonyl (C=O) groups is 1. The summed E-state index contributed by atoms with van der Waals surface area (Å²) in [5.74, 6) is 0.451. The summed E-state index contributed by atoms with van der Waals surface area (Å²) in [6.07, 6.45) is 0.785. The zero-order valence-corrected chi connectivity index (χ0v) is 13.3. The highest BCUT2D eigenvalue weighted by Crippen LogP contribution is 2.23. The van der Waals surface area contributed by atoms with Crippen molar-refractivity contribution in [3.05, 3.63) is 35.4 Å². The Morgan fingerprint density at radius 2 is 2.19 bits per heavy atom. The van der Waals surface area contributed by atoms with Crippen LogP contribution in [0.25, 0.3) is 0 Å². The number of hydrogen-bond acceptors (Lipinski definition) is 3. The maximum absolute atomic E-state index is 12.3. The lowest BCUT2D eigenvalue weighted by molar-refractivity contribution is 0.0897. The van der Waals surface area contributed by atoms with Gasteiger partial charge < -0.3 is 10.1 Å². The van der Waals surface area contributed by atoms with Crippen LogP contribution in [0.4, 0.5) is 4.79 Å². The summed E-state index contributed by atoms with van der Waals surface area (Å²) in [5, 5.41) is 3.32. The van der Waals surface area contributed by atoms with Gasteiger partial charge in [-0.2, -0.15) is 0 Å². The molecule has 1 fully saturated rings. The third-order valence-electron chi connectivity index (χ3n) is 4.00. The molecule has 1 aromatic carbocycles. The minimum absolute atomic E-state index is 0.204. The van der Waals surface area contributed by atoms with E-state index >= 15 is 0 Å². The van der Waals surface area contributed by atoms with Crippen molar-refractivity contribution in [1.29, 1.82) is 0 Å². The van der Waals surface area contributed by atoms with Crippen LogP contribution < -0.4 is 5.32 Å². The first-order valence-corrected chi connectivity index (χ1v) is 7.85. The van der Waals surface area contributed by atoms with Crippen LogP contribution in [-0.4, -0.2) is 36.7 Å². The predicted octanol–water partition coefficient (Wildman–Crippen LogP) is 3.13. The van der Waals surface area contributed by atoms with Gasteiger partial charge in [-0.25, -0.2) is 4.79 Å². The summed E-state index contributed by atoms with van der Waals surface area (Å²) < 4.78 is 5.25. The fourth-order valence-corrected chi connectivity index (χ4v) is 2.88. The molecule has 0 aliphatic carbocycles. The first-order chi connectivity index (χ1) is 10.1. The zero-order chi connectivity index (χ0) is 15.2. The van der Waals surface area contributed by atoms with Crippen molar-refractivity contribution < 1.29 is 9.53 Å². The van der Waals surface area contributed by atoms with E-state index in [1.165, 1.54) is 11.1 Å². The predicted molar refractivity (Wildman–Crippen MR) is 84.4 cm³/mol. The maximum Gasteiger partial charge on any atom is 0.410 e. The number of carbonyl (C=O) groups excluding carboxylic acids is 1. The van der Waals surface area contributed by atoms with Gasteiger partial charge in [-0.05, 0) is 36.9 Å². The number of amides is 1. The van der Waals surface area contributed by atoms with Crippen molar-refractivity contribution >= 4 is 6.09 Å². The number of rotatable bonds is 5. The Morgan fingerprint density at radius 3 is 2.81 bits per heavy atom. The summed E-state index contributed by atoms with van der Waals surface area (Å²) in [4.78, 5) is 14.2. The molecule has 21 heavy (non-hydrogen) atoms. The van der Waals surface area contributed by atoms with E-state index in [1.807, 2.05) is 17.9 Å². The number of nitrogens with zero attached hydrogens (tertiary/aromatic N) is 1. The van der Waals surface area contributed by atoms with Gasteiger partial charge in [0.25, 0.3) is 0 Å². The molecule has 1 saturated heterocycles. The van der Waals surface area contributed by atoms with E-state index in [9.17, 15) is 4.79 Å². The van der Waals surface area contributed by atoms with E-state index in [1.54, 1.807) is 0 Å². The van der Waals surface area contributed by atoms with Gasteiger partial charge >= 0.3 is 6.09 Å². The third kappa shape index (κ3) is 3.97. The Balaban J connectivity index is 2.20. The molecular formula is C17H26N2O2. The fourth-order valence-electron chi connectivity index (χ4n) is 2.88. The quantitative estimate of drug-likeness (QED) is 0.906. The Bertz CT molecular complexity index is 468. The fraction of sp³-hybridized carbons (Fsp3) is 0.588. The summed E-state index contributed by atoms with van der Waals surface area (Å²) in [6.45, 7) is 9.08. The van der Waals surface area contributed by atoms with Gasteiger partial charge in [0.1, 0.15) is 0 Å². The van der Waals surface area contributed by atoms with Crippen LogP contribution in [0.15, 0.2) is 24.3 Å². The lowest BCUT2D eigenvalue weighted by atomic mass is 9.96. The molecule has 0 unspecified atom stereocenters. The molecule has 1 N–H and O–H groups in total. The molecule has 2 rings (SSSR count). The van der Waals surface area contributed by atoms with E-state index < -0.39 is 0 Å². The van der Waals surface area contributed by atoms with Gasteiger partial charge in [0.15, 0.2) is 0 Å². The highest BCUT2D eigenvalue weighted by molar-refractivity contribution is 5.68. The molecular weight excluding hydrogens is 264 g/mol. The molecule has 0 saturated carbocycles. The molecule has 4 nitrogen and oxygen atoms in total. The average molecular weight is 290 g/mol. The van der Waals surface area contributed by atoms with Crippen molar-refractivity contribution in [2.75, 3.05) is 19.7 Å². The van der Waals surface area contributed by atoms with Gasteiger partial charge in [-0.3, -0.25) is 4.90 Å².